The molecule has 3 nitrogen and oxygen atoms in total. The normalized spacial score (nSPS) is 10.1. The first-order chi connectivity index (χ1) is 6.81. The maximum atomic E-state index is 10.4. The number of anilines is 1. The number of aromatic nitrogens is 1. The van der Waals surface area contributed by atoms with E-state index in [0.717, 1.165) is 22.3 Å². The second-order valence-corrected chi connectivity index (χ2v) is 3.09. The Labute approximate surface area is 81.8 Å². The predicted octanol–water partition coefficient (Wildman–Crippen LogP) is 2.11. The van der Waals surface area contributed by atoms with Gasteiger partial charge >= 0.3 is 0 Å². The Morgan fingerprint density at radius 3 is 2.93 bits per heavy atom. The van der Waals surface area contributed by atoms with Gasteiger partial charge in [0.2, 0.25) is 6.41 Å². The number of fused-ring (bicyclic) bond motifs is 1. The molecule has 2 rings (SSSR count). The number of carbonyl (C=O) groups excluding carboxylic acids is 1. The number of para-hydroxylation sites is 1. The Balaban J connectivity index is 2.70. The number of rotatable bonds is 2. The molecule has 3 heteroatoms. The molecule has 0 bridgehead atoms. The van der Waals surface area contributed by atoms with Crippen molar-refractivity contribution < 1.29 is 4.79 Å². The second-order valence-electron chi connectivity index (χ2n) is 3.09. The van der Waals surface area contributed by atoms with Crippen LogP contribution in [0.4, 0.5) is 5.69 Å². The van der Waals surface area contributed by atoms with Crippen molar-refractivity contribution >= 4 is 23.0 Å². The number of hydrogen-bond donors (Lipinski definition) is 1. The Morgan fingerprint density at radius 2 is 2.14 bits per heavy atom. The first-order valence-corrected chi connectivity index (χ1v) is 4.38. The summed E-state index contributed by atoms with van der Waals surface area (Å²) in [6, 6.07) is 9.65. The van der Waals surface area contributed by atoms with Gasteiger partial charge in [-0.3, -0.25) is 9.78 Å². The van der Waals surface area contributed by atoms with Gasteiger partial charge in [-0.2, -0.15) is 0 Å². The van der Waals surface area contributed by atoms with E-state index in [1.54, 1.807) is 0 Å². The average molecular weight is 186 g/mol. The van der Waals surface area contributed by atoms with Crippen molar-refractivity contribution in [2.24, 2.45) is 0 Å². The lowest BCUT2D eigenvalue weighted by Gasteiger charge is -2.04. The van der Waals surface area contributed by atoms with Crippen LogP contribution in [0.3, 0.4) is 0 Å². The van der Waals surface area contributed by atoms with Gasteiger partial charge in [-0.1, -0.05) is 18.2 Å². The number of benzene rings is 1. The molecule has 70 valence electrons. The van der Waals surface area contributed by atoms with E-state index in [-0.39, 0.29) is 0 Å². The molecule has 0 fully saturated rings. The maximum Gasteiger partial charge on any atom is 0.211 e. The molecule has 0 spiro atoms. The highest BCUT2D eigenvalue weighted by Crippen LogP contribution is 2.20. The van der Waals surface area contributed by atoms with Crippen molar-refractivity contribution in [3.63, 3.8) is 0 Å². The largest absolute Gasteiger partial charge is 0.327 e. The summed E-state index contributed by atoms with van der Waals surface area (Å²) in [4.78, 5) is 14.7. The fourth-order valence-electron chi connectivity index (χ4n) is 1.42. The highest BCUT2D eigenvalue weighted by molar-refractivity contribution is 5.94. The van der Waals surface area contributed by atoms with E-state index < -0.39 is 0 Å². The van der Waals surface area contributed by atoms with Crippen LogP contribution in [0.25, 0.3) is 10.9 Å². The average Bonchev–Trinajstić information content (AvgIpc) is 2.19. The summed E-state index contributed by atoms with van der Waals surface area (Å²) >= 11 is 0. The summed E-state index contributed by atoms with van der Waals surface area (Å²) in [5, 5.41) is 3.66. The van der Waals surface area contributed by atoms with Crippen LogP contribution in [0, 0.1) is 6.92 Å². The monoisotopic (exact) mass is 186 g/mol. The number of carbonyl (C=O) groups is 1. The molecule has 0 radical (unpaired) electrons. The lowest BCUT2D eigenvalue weighted by Crippen LogP contribution is -1.96. The zero-order valence-corrected chi connectivity index (χ0v) is 7.82. The predicted molar refractivity (Wildman–Crippen MR) is 56.2 cm³/mol. The van der Waals surface area contributed by atoms with Gasteiger partial charge in [0.05, 0.1) is 11.2 Å². The summed E-state index contributed by atoms with van der Waals surface area (Å²) in [7, 11) is 0. The van der Waals surface area contributed by atoms with E-state index in [4.69, 9.17) is 0 Å². The molecule has 2 aromatic rings. The zero-order valence-electron chi connectivity index (χ0n) is 7.82. The van der Waals surface area contributed by atoms with Crippen LogP contribution in [-0.4, -0.2) is 11.4 Å². The van der Waals surface area contributed by atoms with E-state index in [1.165, 1.54) is 0 Å². The van der Waals surface area contributed by atoms with Crippen molar-refractivity contribution in [1.29, 1.82) is 0 Å². The van der Waals surface area contributed by atoms with Crippen LogP contribution < -0.4 is 5.32 Å². The minimum atomic E-state index is 0.665. The van der Waals surface area contributed by atoms with Gasteiger partial charge in [0.1, 0.15) is 0 Å². The molecule has 0 atom stereocenters. The smallest absolute Gasteiger partial charge is 0.211 e. The topological polar surface area (TPSA) is 42.0 Å². The maximum absolute atomic E-state index is 10.4. The fraction of sp³-hybridized carbons (Fsp3) is 0.0909. The van der Waals surface area contributed by atoms with E-state index in [1.807, 2.05) is 37.3 Å². The van der Waals surface area contributed by atoms with Crippen molar-refractivity contribution in [3.8, 4) is 0 Å². The van der Waals surface area contributed by atoms with Crippen LogP contribution in [0.1, 0.15) is 5.69 Å². The van der Waals surface area contributed by atoms with Crippen LogP contribution >= 0.6 is 0 Å². The van der Waals surface area contributed by atoms with Crippen LogP contribution in [0.2, 0.25) is 0 Å². The molecule has 0 aliphatic carbocycles. The van der Waals surface area contributed by atoms with Gasteiger partial charge in [0.25, 0.3) is 0 Å². The van der Waals surface area contributed by atoms with Gasteiger partial charge in [-0.25, -0.2) is 0 Å². The van der Waals surface area contributed by atoms with Gasteiger partial charge < -0.3 is 5.32 Å². The molecule has 1 amide bonds. The second kappa shape index (κ2) is 3.46. The number of pyridine rings is 1. The standard InChI is InChI=1S/C11H10N2O/c1-8-5-6-9-3-2-4-10(12-7-14)11(9)13-8/h2-7H,1H3,(H,12,14). The van der Waals surface area contributed by atoms with Crippen molar-refractivity contribution in [2.75, 3.05) is 5.32 Å². The zero-order chi connectivity index (χ0) is 9.97. The molecular weight excluding hydrogens is 176 g/mol. The SMILES string of the molecule is Cc1ccc2cccc(NC=O)c2n1. The van der Waals surface area contributed by atoms with Crippen LogP contribution in [-0.2, 0) is 4.79 Å². The molecule has 1 aromatic carbocycles. The first-order valence-electron chi connectivity index (χ1n) is 4.38. The number of nitrogens with one attached hydrogen (secondary N) is 1. The van der Waals surface area contributed by atoms with E-state index in [0.29, 0.717) is 6.41 Å². The third-order valence-corrected chi connectivity index (χ3v) is 2.07. The number of amides is 1. The van der Waals surface area contributed by atoms with Gasteiger partial charge in [-0.15, -0.1) is 0 Å². The molecule has 14 heavy (non-hydrogen) atoms. The Bertz CT molecular complexity index is 480. The third kappa shape index (κ3) is 1.44. The third-order valence-electron chi connectivity index (χ3n) is 2.07. The van der Waals surface area contributed by atoms with Crippen LogP contribution in [0.15, 0.2) is 30.3 Å². The lowest BCUT2D eigenvalue weighted by molar-refractivity contribution is -0.105. The minimum Gasteiger partial charge on any atom is -0.327 e. The lowest BCUT2D eigenvalue weighted by atomic mass is 10.2. The molecule has 1 N–H and O–H groups in total. The van der Waals surface area contributed by atoms with Gasteiger partial charge in [-0.05, 0) is 19.1 Å². The number of hydrogen-bond acceptors (Lipinski definition) is 2. The molecule has 0 aliphatic heterocycles. The molecule has 1 heterocycles. The molecule has 0 saturated carbocycles. The molecule has 0 aliphatic rings. The molecule has 0 saturated heterocycles. The van der Waals surface area contributed by atoms with E-state index >= 15 is 0 Å². The Kier molecular flexibility index (Phi) is 2.14. The van der Waals surface area contributed by atoms with E-state index in [2.05, 4.69) is 10.3 Å². The van der Waals surface area contributed by atoms with E-state index in [9.17, 15) is 4.79 Å². The van der Waals surface area contributed by atoms with Gasteiger partial charge in [0, 0.05) is 11.1 Å². The molecule has 1 aromatic heterocycles. The Hall–Kier alpha value is -1.90. The quantitative estimate of drug-likeness (QED) is 0.730. The van der Waals surface area contributed by atoms with Crippen molar-refractivity contribution in [2.45, 2.75) is 6.92 Å². The number of nitrogens with zero attached hydrogens (tertiary/aromatic N) is 1. The highest BCUT2D eigenvalue weighted by Gasteiger charge is 2.00. The minimum absolute atomic E-state index is 0.665. The highest BCUT2D eigenvalue weighted by atomic mass is 16.1. The molecule has 0 unspecified atom stereocenters. The summed E-state index contributed by atoms with van der Waals surface area (Å²) < 4.78 is 0. The Morgan fingerprint density at radius 1 is 1.29 bits per heavy atom. The van der Waals surface area contributed by atoms with Gasteiger partial charge in [0.15, 0.2) is 0 Å². The summed E-state index contributed by atoms with van der Waals surface area (Å²) in [6.45, 7) is 1.93. The summed E-state index contributed by atoms with van der Waals surface area (Å²) in [6.07, 6.45) is 0.665. The van der Waals surface area contributed by atoms with Crippen LogP contribution in [0.5, 0.6) is 0 Å². The fourth-order valence-corrected chi connectivity index (χ4v) is 1.42. The summed E-state index contributed by atoms with van der Waals surface area (Å²) in [5.41, 5.74) is 2.53. The molecular formula is C11H10N2O. The summed E-state index contributed by atoms with van der Waals surface area (Å²) in [5.74, 6) is 0. The van der Waals surface area contributed by atoms with Crippen molar-refractivity contribution in [1.82, 2.24) is 4.98 Å². The van der Waals surface area contributed by atoms with Crippen molar-refractivity contribution in [3.05, 3.63) is 36.0 Å². The first kappa shape index (κ1) is 8.69. The number of aryl methyl sites for hydroxylation is 1.